The van der Waals surface area contributed by atoms with Crippen LogP contribution in [0.15, 0.2) is 48.5 Å². The van der Waals surface area contributed by atoms with E-state index in [2.05, 4.69) is 5.32 Å². The Morgan fingerprint density at radius 3 is 2.54 bits per heavy atom. The Morgan fingerprint density at radius 2 is 1.78 bits per heavy atom. The number of carbonyl (C=O) groups excluding carboxylic acids is 2. The van der Waals surface area contributed by atoms with Gasteiger partial charge in [0.2, 0.25) is 0 Å². The molecule has 37 heavy (non-hydrogen) atoms. The normalized spacial score (nSPS) is 12.7. The molecular formula is C30H30N2O4S. The largest absolute Gasteiger partial charge is 0.497 e. The van der Waals surface area contributed by atoms with Crippen LogP contribution in [0.5, 0.6) is 5.75 Å². The van der Waals surface area contributed by atoms with Gasteiger partial charge >= 0.3 is 5.97 Å². The van der Waals surface area contributed by atoms with Crippen LogP contribution in [0.4, 0.5) is 5.00 Å². The molecule has 0 fully saturated rings. The fourth-order valence-corrected chi connectivity index (χ4v) is 6.20. The monoisotopic (exact) mass is 514 g/mol. The Hall–Kier alpha value is -3.71. The zero-order chi connectivity index (χ0) is 25.9. The van der Waals surface area contributed by atoms with Crippen molar-refractivity contribution >= 4 is 39.1 Å². The van der Waals surface area contributed by atoms with E-state index in [1.54, 1.807) is 7.11 Å². The van der Waals surface area contributed by atoms with E-state index < -0.39 is 0 Å². The van der Waals surface area contributed by atoms with Crippen LogP contribution in [0.3, 0.4) is 0 Å². The summed E-state index contributed by atoms with van der Waals surface area (Å²) in [6, 6.07) is 15.3. The Kier molecular flexibility index (Phi) is 7.24. The quantitative estimate of drug-likeness (QED) is 0.269. The van der Waals surface area contributed by atoms with Crippen LogP contribution in [0.1, 0.15) is 62.9 Å². The number of hydrogen-bond acceptors (Lipinski definition) is 6. The van der Waals surface area contributed by atoms with Gasteiger partial charge in [0.15, 0.2) is 0 Å². The van der Waals surface area contributed by atoms with Gasteiger partial charge < -0.3 is 14.8 Å². The molecule has 190 valence electrons. The van der Waals surface area contributed by atoms with Gasteiger partial charge in [-0.3, -0.25) is 4.79 Å². The third kappa shape index (κ3) is 4.83. The third-order valence-corrected chi connectivity index (χ3v) is 7.97. The van der Waals surface area contributed by atoms with Crippen LogP contribution in [0, 0.1) is 6.92 Å². The summed E-state index contributed by atoms with van der Waals surface area (Å²) in [5, 5.41) is 4.45. The highest BCUT2D eigenvalue weighted by molar-refractivity contribution is 7.17. The number of methoxy groups -OCH3 is 1. The van der Waals surface area contributed by atoms with Crippen molar-refractivity contribution < 1.29 is 19.1 Å². The summed E-state index contributed by atoms with van der Waals surface area (Å²) in [6.07, 6.45) is 4.62. The molecular weight excluding hydrogens is 484 g/mol. The molecule has 5 rings (SSSR count). The highest BCUT2D eigenvalue weighted by Crippen LogP contribution is 2.39. The molecule has 1 aliphatic rings. The van der Waals surface area contributed by atoms with E-state index in [0.29, 0.717) is 22.7 Å². The van der Waals surface area contributed by atoms with Crippen LogP contribution < -0.4 is 10.1 Å². The van der Waals surface area contributed by atoms with E-state index in [1.807, 2.05) is 62.4 Å². The van der Waals surface area contributed by atoms with Gasteiger partial charge in [-0.05, 0) is 80.5 Å². The minimum atomic E-state index is -0.355. The number of ether oxygens (including phenoxy) is 2. The lowest BCUT2D eigenvalue weighted by atomic mass is 9.95. The van der Waals surface area contributed by atoms with Gasteiger partial charge in [-0.2, -0.15) is 0 Å². The van der Waals surface area contributed by atoms with Crippen molar-refractivity contribution in [2.75, 3.05) is 19.0 Å². The minimum absolute atomic E-state index is 0.256. The first-order chi connectivity index (χ1) is 18.0. The summed E-state index contributed by atoms with van der Waals surface area (Å²) in [5.41, 5.74) is 5.24. The number of para-hydroxylation sites is 1. The number of rotatable bonds is 7. The van der Waals surface area contributed by atoms with Crippen LogP contribution in [0.25, 0.3) is 22.2 Å². The maximum absolute atomic E-state index is 13.9. The predicted octanol–water partition coefficient (Wildman–Crippen LogP) is 6.98. The number of esters is 1. The third-order valence-electron chi connectivity index (χ3n) is 6.77. The molecule has 1 N–H and O–H groups in total. The Labute approximate surface area is 220 Å². The van der Waals surface area contributed by atoms with E-state index >= 15 is 0 Å². The van der Waals surface area contributed by atoms with E-state index in [9.17, 15) is 9.59 Å². The number of aryl methyl sites for hydroxylation is 1. The molecule has 4 aromatic rings. The Morgan fingerprint density at radius 1 is 1.03 bits per heavy atom. The molecule has 1 aliphatic carbocycles. The summed E-state index contributed by atoms with van der Waals surface area (Å²) >= 11 is 1.50. The van der Waals surface area contributed by atoms with Gasteiger partial charge in [-0.15, -0.1) is 11.3 Å². The van der Waals surface area contributed by atoms with Crippen molar-refractivity contribution in [3.05, 3.63) is 75.7 Å². The minimum Gasteiger partial charge on any atom is -0.497 e. The number of thiophene rings is 1. The summed E-state index contributed by atoms with van der Waals surface area (Å²) < 4.78 is 10.8. The molecule has 2 heterocycles. The van der Waals surface area contributed by atoms with Crippen LogP contribution >= 0.6 is 11.3 Å². The molecule has 2 aromatic carbocycles. The molecule has 0 unspecified atom stereocenters. The van der Waals surface area contributed by atoms with E-state index in [1.165, 1.54) is 16.2 Å². The first-order valence-corrected chi connectivity index (χ1v) is 13.5. The highest BCUT2D eigenvalue weighted by atomic mass is 32.1. The molecule has 0 radical (unpaired) electrons. The molecule has 0 bridgehead atoms. The fraction of sp³-hybridized carbons (Fsp3) is 0.300. The maximum Gasteiger partial charge on any atom is 0.341 e. The number of anilines is 1. The van der Waals surface area contributed by atoms with Gasteiger partial charge in [0.05, 0.1) is 36.1 Å². The second-order valence-corrected chi connectivity index (χ2v) is 10.3. The number of nitrogens with zero attached hydrogens (tertiary/aromatic N) is 1. The standard InChI is InChI=1S/C30H30N2O4S/c1-4-17-36-30(34)26-22-10-6-8-12-24(22)37-29(26)32-28(33)25-18(2)27(19-13-15-20(35-3)16-14-19)31-23-11-7-5-9-21(23)25/h5,7,9,11,13-16H,4,6,8,10,12,17H2,1-3H3,(H,32,33). The van der Waals surface area contributed by atoms with E-state index in [4.69, 9.17) is 14.5 Å². The van der Waals surface area contributed by atoms with E-state index in [-0.39, 0.29) is 11.9 Å². The number of pyridine rings is 1. The molecule has 0 saturated carbocycles. The van der Waals surface area contributed by atoms with Crippen molar-refractivity contribution in [2.24, 2.45) is 0 Å². The summed E-state index contributed by atoms with van der Waals surface area (Å²) in [5.74, 6) is 0.144. The first-order valence-electron chi connectivity index (χ1n) is 12.7. The van der Waals surface area contributed by atoms with Crippen molar-refractivity contribution in [3.8, 4) is 17.0 Å². The average molecular weight is 515 g/mol. The number of fused-ring (bicyclic) bond motifs is 2. The molecule has 6 nitrogen and oxygen atoms in total. The van der Waals surface area contributed by atoms with Gasteiger partial charge in [-0.1, -0.05) is 25.1 Å². The van der Waals surface area contributed by atoms with Crippen molar-refractivity contribution in [1.82, 2.24) is 4.98 Å². The Balaban J connectivity index is 1.59. The molecule has 0 atom stereocenters. The van der Waals surface area contributed by atoms with E-state index in [0.717, 1.165) is 71.1 Å². The second kappa shape index (κ2) is 10.7. The number of carbonyl (C=O) groups is 2. The van der Waals surface area contributed by atoms with Crippen LogP contribution in [-0.2, 0) is 17.6 Å². The first kappa shape index (κ1) is 25.0. The van der Waals surface area contributed by atoms with Crippen LogP contribution in [-0.4, -0.2) is 30.6 Å². The molecule has 1 amide bonds. The number of amides is 1. The van der Waals surface area contributed by atoms with Gasteiger partial charge in [-0.25, -0.2) is 9.78 Å². The molecule has 0 spiro atoms. The van der Waals surface area contributed by atoms with Gasteiger partial charge in [0, 0.05) is 15.8 Å². The van der Waals surface area contributed by atoms with Crippen molar-refractivity contribution in [3.63, 3.8) is 0 Å². The SMILES string of the molecule is CCCOC(=O)c1c(NC(=O)c2c(C)c(-c3ccc(OC)cc3)nc3ccccc23)sc2c1CCCC2. The number of benzene rings is 2. The van der Waals surface area contributed by atoms with Crippen molar-refractivity contribution in [2.45, 2.75) is 46.0 Å². The Bertz CT molecular complexity index is 1470. The van der Waals surface area contributed by atoms with Crippen LogP contribution in [0.2, 0.25) is 0 Å². The van der Waals surface area contributed by atoms with Gasteiger partial charge in [0.25, 0.3) is 5.91 Å². The topological polar surface area (TPSA) is 77.5 Å². The van der Waals surface area contributed by atoms with Crippen molar-refractivity contribution in [1.29, 1.82) is 0 Å². The molecule has 7 heteroatoms. The number of aromatic nitrogens is 1. The van der Waals surface area contributed by atoms with Gasteiger partial charge in [0.1, 0.15) is 10.8 Å². The predicted molar refractivity (Wildman–Crippen MR) is 148 cm³/mol. The summed E-state index contributed by atoms with van der Waals surface area (Å²) in [7, 11) is 1.63. The molecule has 0 saturated heterocycles. The number of hydrogen-bond donors (Lipinski definition) is 1. The summed E-state index contributed by atoms with van der Waals surface area (Å²) in [4.78, 5) is 33.0. The molecule has 2 aromatic heterocycles. The summed E-state index contributed by atoms with van der Waals surface area (Å²) in [6.45, 7) is 4.25. The lowest BCUT2D eigenvalue weighted by Gasteiger charge is -2.15. The average Bonchev–Trinajstić information content (AvgIpc) is 3.29. The fourth-order valence-electron chi connectivity index (χ4n) is 4.93. The molecule has 0 aliphatic heterocycles. The second-order valence-electron chi connectivity index (χ2n) is 9.21. The maximum atomic E-state index is 13.9. The lowest BCUT2D eigenvalue weighted by molar-refractivity contribution is 0.0505. The zero-order valence-corrected chi connectivity index (χ0v) is 22.2. The highest BCUT2D eigenvalue weighted by Gasteiger charge is 2.28. The number of nitrogens with one attached hydrogen (secondary N) is 1. The lowest BCUT2D eigenvalue weighted by Crippen LogP contribution is -2.18. The smallest absolute Gasteiger partial charge is 0.341 e. The zero-order valence-electron chi connectivity index (χ0n) is 21.3.